The largest absolute Gasteiger partial charge is 0.388 e. The van der Waals surface area contributed by atoms with E-state index in [1.807, 2.05) is 32.9 Å². The fourth-order valence-electron chi connectivity index (χ4n) is 3.26. The van der Waals surface area contributed by atoms with Crippen molar-refractivity contribution in [1.82, 2.24) is 20.3 Å². The molecule has 148 valence electrons. The molecule has 3 heterocycles. The monoisotopic (exact) mass is 398 g/mol. The van der Waals surface area contributed by atoms with E-state index in [-0.39, 0.29) is 12.0 Å². The van der Waals surface area contributed by atoms with Crippen LogP contribution in [-0.2, 0) is 0 Å². The van der Waals surface area contributed by atoms with E-state index >= 15 is 0 Å². The van der Waals surface area contributed by atoms with Crippen LogP contribution >= 0.6 is 8.86 Å². The molecule has 0 amide bonds. The highest BCUT2D eigenvalue weighted by atomic mass is 31.0. The van der Waals surface area contributed by atoms with Crippen molar-refractivity contribution < 1.29 is 5.11 Å². The fraction of sp³-hybridized carbons (Fsp3) is 0.450. The normalized spacial score (nSPS) is 19.3. The molecule has 1 aliphatic heterocycles. The highest BCUT2D eigenvalue weighted by molar-refractivity contribution is 7.23. The lowest BCUT2D eigenvalue weighted by atomic mass is 9.84. The average molecular weight is 398 g/mol. The van der Waals surface area contributed by atoms with Crippen LogP contribution < -0.4 is 10.2 Å². The molecule has 0 spiro atoms. The summed E-state index contributed by atoms with van der Waals surface area (Å²) in [4.78, 5) is 15.5. The van der Waals surface area contributed by atoms with Crippen LogP contribution in [-0.4, -0.2) is 62.8 Å². The maximum Gasteiger partial charge on any atom is 0.147 e. The highest BCUT2D eigenvalue weighted by Gasteiger charge is 2.38. The summed E-state index contributed by atoms with van der Waals surface area (Å²) in [7, 11) is 3.67. The smallest absolute Gasteiger partial charge is 0.147 e. The summed E-state index contributed by atoms with van der Waals surface area (Å²) < 4.78 is 0. The molecule has 28 heavy (non-hydrogen) atoms. The molecule has 0 bridgehead atoms. The Labute approximate surface area is 168 Å². The Morgan fingerprint density at radius 1 is 1.46 bits per heavy atom. The predicted molar refractivity (Wildman–Crippen MR) is 115 cm³/mol. The Morgan fingerprint density at radius 3 is 2.96 bits per heavy atom. The first-order valence-electron chi connectivity index (χ1n) is 9.42. The van der Waals surface area contributed by atoms with Gasteiger partial charge >= 0.3 is 0 Å². The third-order valence-corrected chi connectivity index (χ3v) is 6.02. The fourth-order valence-corrected chi connectivity index (χ4v) is 3.59. The molecule has 7 nitrogen and oxygen atoms in total. The van der Waals surface area contributed by atoms with Crippen molar-refractivity contribution in [2.45, 2.75) is 32.4 Å². The molecule has 2 aromatic rings. The molecule has 8 heteroatoms. The number of piperazine rings is 1. The molecule has 2 unspecified atom stereocenters. The third kappa shape index (κ3) is 4.12. The zero-order chi connectivity index (χ0) is 20.3. The average Bonchev–Trinajstić information content (AvgIpc) is 2.73. The van der Waals surface area contributed by atoms with Crippen LogP contribution in [0.3, 0.4) is 0 Å². The predicted octanol–water partition coefficient (Wildman–Crippen LogP) is 1.77. The van der Waals surface area contributed by atoms with Crippen LogP contribution in [0.5, 0.6) is 0 Å². The Kier molecular flexibility index (Phi) is 6.18. The van der Waals surface area contributed by atoms with E-state index in [9.17, 15) is 5.11 Å². The van der Waals surface area contributed by atoms with Gasteiger partial charge in [-0.3, -0.25) is 9.97 Å². The number of pyridine rings is 1. The Bertz CT molecular complexity index is 869. The minimum atomic E-state index is -0.815. The van der Waals surface area contributed by atoms with E-state index in [4.69, 9.17) is 10.4 Å². The minimum Gasteiger partial charge on any atom is -0.388 e. The van der Waals surface area contributed by atoms with E-state index in [1.165, 1.54) is 6.21 Å². The lowest BCUT2D eigenvalue weighted by Crippen LogP contribution is -2.62. The molecular formula is C20H27N6OP. The summed E-state index contributed by atoms with van der Waals surface area (Å²) in [5.74, 6) is 0.897. The maximum atomic E-state index is 10.9. The summed E-state index contributed by atoms with van der Waals surface area (Å²) in [6.07, 6.45) is 6.32. The summed E-state index contributed by atoms with van der Waals surface area (Å²) in [6.45, 7) is 8.15. The van der Waals surface area contributed by atoms with Crippen LogP contribution in [0, 0.1) is 11.3 Å². The maximum absolute atomic E-state index is 10.9. The Morgan fingerprint density at radius 2 is 2.25 bits per heavy atom. The molecule has 1 aliphatic rings. The van der Waals surface area contributed by atoms with E-state index in [2.05, 4.69) is 29.0 Å². The first-order chi connectivity index (χ1) is 13.3. The van der Waals surface area contributed by atoms with Crippen molar-refractivity contribution >= 4 is 26.2 Å². The second-order valence-electron chi connectivity index (χ2n) is 7.55. The quantitative estimate of drug-likeness (QED) is 0.507. The second-order valence-corrected chi connectivity index (χ2v) is 8.05. The number of hydrogen-bond donors (Lipinski definition) is 3. The standard InChI is InChI=1S/C20H27N6OP/c1-13(2)20(3,27)17-12-26(8-7-24-17)18-11-22-10-16(25-18)19(28)14-5-4-6-23-15(14)9-21/h4-6,9-11,13,17,21,24,27-28H,7-8,12H2,1-3H3. The number of nitrogens with zero attached hydrogens (tertiary/aromatic N) is 4. The molecular weight excluding hydrogens is 371 g/mol. The Balaban J connectivity index is 1.85. The molecule has 0 aliphatic carbocycles. The van der Waals surface area contributed by atoms with E-state index < -0.39 is 5.60 Å². The minimum absolute atomic E-state index is 0.0542. The van der Waals surface area contributed by atoms with Gasteiger partial charge in [-0.05, 0) is 18.9 Å². The number of aromatic nitrogens is 3. The summed E-state index contributed by atoms with van der Waals surface area (Å²) in [5.41, 5.74) is 1.22. The molecule has 2 atom stereocenters. The molecule has 3 rings (SSSR count). The van der Waals surface area contributed by atoms with E-state index in [0.29, 0.717) is 17.9 Å². The zero-order valence-corrected chi connectivity index (χ0v) is 17.5. The van der Waals surface area contributed by atoms with Gasteiger partial charge in [0.05, 0.1) is 35.4 Å². The molecule has 0 aromatic carbocycles. The zero-order valence-electron chi connectivity index (χ0n) is 16.5. The van der Waals surface area contributed by atoms with Crippen LogP contribution in [0.15, 0.2) is 30.7 Å². The van der Waals surface area contributed by atoms with Gasteiger partial charge in [0.2, 0.25) is 0 Å². The second kappa shape index (κ2) is 8.43. The van der Waals surface area contributed by atoms with Gasteiger partial charge in [0.15, 0.2) is 0 Å². The van der Waals surface area contributed by atoms with Gasteiger partial charge in [-0.25, -0.2) is 4.98 Å². The summed E-state index contributed by atoms with van der Waals surface area (Å²) in [6, 6.07) is 3.67. The molecule has 2 aromatic heterocycles. The molecule has 1 fully saturated rings. The van der Waals surface area contributed by atoms with Crippen molar-refractivity contribution in [1.29, 1.82) is 5.41 Å². The van der Waals surface area contributed by atoms with Crippen LogP contribution in [0.1, 0.15) is 37.7 Å². The highest BCUT2D eigenvalue weighted by Crippen LogP contribution is 2.25. The number of rotatable bonds is 6. The topological polar surface area (TPSA) is 98.0 Å². The van der Waals surface area contributed by atoms with Gasteiger partial charge in [-0.1, -0.05) is 19.9 Å². The lowest BCUT2D eigenvalue weighted by Gasteiger charge is -2.43. The van der Waals surface area contributed by atoms with Crippen molar-refractivity contribution in [3.63, 3.8) is 0 Å². The Hall–Kier alpha value is -2.21. The third-order valence-electron chi connectivity index (χ3n) is 5.50. The van der Waals surface area contributed by atoms with Crippen molar-refractivity contribution in [3.05, 3.63) is 47.7 Å². The van der Waals surface area contributed by atoms with Crippen LogP contribution in [0.2, 0.25) is 0 Å². The van der Waals surface area contributed by atoms with Gasteiger partial charge in [0.25, 0.3) is 0 Å². The van der Waals surface area contributed by atoms with Crippen LogP contribution in [0.4, 0.5) is 5.82 Å². The lowest BCUT2D eigenvalue weighted by molar-refractivity contribution is -0.0231. The molecule has 0 radical (unpaired) electrons. The first kappa shape index (κ1) is 20.5. The van der Waals surface area contributed by atoms with Gasteiger partial charge in [0, 0.05) is 42.9 Å². The number of hydrogen-bond acceptors (Lipinski definition) is 7. The van der Waals surface area contributed by atoms with Crippen molar-refractivity contribution in [3.8, 4) is 0 Å². The van der Waals surface area contributed by atoms with Crippen molar-refractivity contribution in [2.75, 3.05) is 24.5 Å². The van der Waals surface area contributed by atoms with Gasteiger partial charge in [-0.15, -0.1) is 8.86 Å². The van der Waals surface area contributed by atoms with Gasteiger partial charge < -0.3 is 20.7 Å². The van der Waals surface area contributed by atoms with Crippen molar-refractivity contribution in [2.24, 2.45) is 5.92 Å². The van der Waals surface area contributed by atoms with E-state index in [0.717, 1.165) is 29.8 Å². The SMILES string of the molecule is CC(C)C(C)(O)C1CN(c2cncc(C(=P)c3cccnc3C=N)n2)CCN1. The number of nitrogens with one attached hydrogen (secondary N) is 2. The molecule has 3 N–H and O–H groups in total. The number of aliphatic hydroxyl groups is 1. The van der Waals surface area contributed by atoms with E-state index in [1.54, 1.807) is 18.6 Å². The number of anilines is 1. The summed E-state index contributed by atoms with van der Waals surface area (Å²) in [5, 5.41) is 22.6. The molecule has 0 saturated carbocycles. The molecule has 1 saturated heterocycles. The van der Waals surface area contributed by atoms with Gasteiger partial charge in [0.1, 0.15) is 5.82 Å². The summed E-state index contributed by atoms with van der Waals surface area (Å²) >= 11 is 0. The van der Waals surface area contributed by atoms with Gasteiger partial charge in [-0.2, -0.15) is 0 Å². The van der Waals surface area contributed by atoms with Crippen LogP contribution in [0.25, 0.3) is 0 Å². The first-order valence-corrected chi connectivity index (χ1v) is 9.92.